The maximum Gasteiger partial charge on any atom is 0.140 e. The lowest BCUT2D eigenvalue weighted by Crippen LogP contribution is -2.43. The van der Waals surface area contributed by atoms with Gasteiger partial charge in [-0.25, -0.2) is 0 Å². The third kappa shape index (κ3) is 6.56. The van der Waals surface area contributed by atoms with Crippen LogP contribution < -0.4 is 5.32 Å². The summed E-state index contributed by atoms with van der Waals surface area (Å²) in [6.45, 7) is 6.38. The molecule has 2 heteroatoms. The van der Waals surface area contributed by atoms with Gasteiger partial charge in [-0.05, 0) is 25.8 Å². The van der Waals surface area contributed by atoms with Crippen molar-refractivity contribution in [1.29, 1.82) is 0 Å². The van der Waals surface area contributed by atoms with Gasteiger partial charge in [0.05, 0.1) is 0 Å². The van der Waals surface area contributed by atoms with Crippen LogP contribution in [0.4, 0.5) is 0 Å². The summed E-state index contributed by atoms with van der Waals surface area (Å²) in [5, 5.41) is 3.37. The lowest BCUT2D eigenvalue weighted by atomic mass is 9.77. The van der Waals surface area contributed by atoms with E-state index in [4.69, 9.17) is 0 Å². The molecule has 0 bridgehead atoms. The largest absolute Gasteiger partial charge is 0.316 e. The maximum absolute atomic E-state index is 12.3. The Morgan fingerprint density at radius 3 is 2.26 bits per heavy atom. The lowest BCUT2D eigenvalue weighted by molar-refractivity contribution is -0.128. The molecular formula is C17H33NO. The van der Waals surface area contributed by atoms with Gasteiger partial charge in [0.1, 0.15) is 5.78 Å². The van der Waals surface area contributed by atoms with Crippen molar-refractivity contribution >= 4 is 5.78 Å². The number of carbonyl (C=O) groups is 1. The second-order valence-electron chi connectivity index (χ2n) is 6.49. The summed E-state index contributed by atoms with van der Waals surface area (Å²) in [5.41, 5.74) is -0.0701. The van der Waals surface area contributed by atoms with Gasteiger partial charge in [0.2, 0.25) is 0 Å². The molecular weight excluding hydrogens is 234 g/mol. The van der Waals surface area contributed by atoms with E-state index in [-0.39, 0.29) is 5.41 Å². The fourth-order valence-electron chi connectivity index (χ4n) is 3.02. The molecule has 1 unspecified atom stereocenters. The highest BCUT2D eigenvalue weighted by Crippen LogP contribution is 2.28. The lowest BCUT2D eigenvalue weighted by Gasteiger charge is -2.32. The maximum atomic E-state index is 12.3. The third-order valence-electron chi connectivity index (χ3n) is 4.53. The van der Waals surface area contributed by atoms with Crippen LogP contribution in [0.25, 0.3) is 0 Å². The van der Waals surface area contributed by atoms with E-state index in [0.717, 1.165) is 38.8 Å². The fraction of sp³-hybridized carbons (Fsp3) is 0.941. The molecule has 0 aromatic heterocycles. The number of unbranched alkanes of at least 4 members (excludes halogenated alkanes) is 7. The Morgan fingerprint density at radius 2 is 1.68 bits per heavy atom. The highest BCUT2D eigenvalue weighted by Gasteiger charge is 2.33. The summed E-state index contributed by atoms with van der Waals surface area (Å²) in [4.78, 5) is 12.3. The molecule has 0 aromatic carbocycles. The van der Waals surface area contributed by atoms with Crippen LogP contribution in [0.1, 0.15) is 84.5 Å². The summed E-state index contributed by atoms with van der Waals surface area (Å²) in [7, 11) is 0. The van der Waals surface area contributed by atoms with Crippen molar-refractivity contribution in [2.45, 2.75) is 84.5 Å². The van der Waals surface area contributed by atoms with Crippen LogP contribution in [-0.4, -0.2) is 18.9 Å². The number of piperidine rings is 1. The van der Waals surface area contributed by atoms with Gasteiger partial charge in [-0.2, -0.15) is 0 Å². The van der Waals surface area contributed by atoms with Crippen LogP contribution in [0.5, 0.6) is 0 Å². The number of nitrogens with one attached hydrogen (secondary N) is 1. The molecule has 1 rings (SSSR count). The molecule has 0 aromatic rings. The van der Waals surface area contributed by atoms with E-state index in [2.05, 4.69) is 19.2 Å². The quantitative estimate of drug-likeness (QED) is 0.591. The van der Waals surface area contributed by atoms with Crippen molar-refractivity contribution in [2.24, 2.45) is 5.41 Å². The summed E-state index contributed by atoms with van der Waals surface area (Å²) in [5.74, 6) is 0.491. The monoisotopic (exact) mass is 267 g/mol. The van der Waals surface area contributed by atoms with Crippen molar-refractivity contribution in [3.63, 3.8) is 0 Å². The van der Waals surface area contributed by atoms with Gasteiger partial charge >= 0.3 is 0 Å². The predicted octanol–water partition coefficient (Wildman–Crippen LogP) is 4.48. The van der Waals surface area contributed by atoms with Gasteiger partial charge in [-0.1, -0.05) is 58.8 Å². The Bertz CT molecular complexity index is 244. The minimum atomic E-state index is -0.0701. The molecule has 1 heterocycles. The molecule has 0 saturated carbocycles. The Kier molecular flexibility index (Phi) is 8.36. The van der Waals surface area contributed by atoms with E-state index in [1.807, 2.05) is 0 Å². The van der Waals surface area contributed by atoms with Gasteiger partial charge < -0.3 is 5.32 Å². The highest BCUT2D eigenvalue weighted by molar-refractivity contribution is 5.84. The number of Topliss-reactive ketones (excluding diaryl/α,β-unsaturated/α-hetero) is 1. The molecule has 1 atom stereocenters. The number of ketones is 1. The van der Waals surface area contributed by atoms with E-state index >= 15 is 0 Å². The van der Waals surface area contributed by atoms with Crippen LogP contribution >= 0.6 is 0 Å². The average Bonchev–Trinajstić information content (AvgIpc) is 2.42. The molecule has 0 radical (unpaired) electrons. The van der Waals surface area contributed by atoms with Crippen LogP contribution in [-0.2, 0) is 4.79 Å². The first-order chi connectivity index (χ1) is 9.19. The van der Waals surface area contributed by atoms with E-state index in [1.165, 1.54) is 44.9 Å². The molecule has 1 aliphatic heterocycles. The SMILES string of the molecule is CCCCCCCCCCC(=O)C1(C)CCCNC1. The zero-order chi connectivity index (χ0) is 14.0. The second kappa shape index (κ2) is 9.52. The van der Waals surface area contributed by atoms with Crippen LogP contribution in [0.15, 0.2) is 0 Å². The first-order valence-corrected chi connectivity index (χ1v) is 8.43. The van der Waals surface area contributed by atoms with Gasteiger partial charge in [0, 0.05) is 18.4 Å². The minimum Gasteiger partial charge on any atom is -0.316 e. The molecule has 112 valence electrons. The minimum absolute atomic E-state index is 0.0701. The average molecular weight is 267 g/mol. The van der Waals surface area contributed by atoms with Gasteiger partial charge in [0.15, 0.2) is 0 Å². The summed E-state index contributed by atoms with van der Waals surface area (Å²) >= 11 is 0. The predicted molar refractivity (Wildman–Crippen MR) is 82.4 cm³/mol. The van der Waals surface area contributed by atoms with Crippen molar-refractivity contribution in [3.8, 4) is 0 Å². The smallest absolute Gasteiger partial charge is 0.140 e. The van der Waals surface area contributed by atoms with E-state index < -0.39 is 0 Å². The summed E-state index contributed by atoms with van der Waals surface area (Å²) in [6, 6.07) is 0. The standard InChI is InChI=1S/C17H33NO/c1-3-4-5-6-7-8-9-10-12-16(19)17(2)13-11-14-18-15-17/h18H,3-15H2,1-2H3. The third-order valence-corrected chi connectivity index (χ3v) is 4.53. The molecule has 1 saturated heterocycles. The fourth-order valence-corrected chi connectivity index (χ4v) is 3.02. The number of hydrogen-bond donors (Lipinski definition) is 1. The molecule has 19 heavy (non-hydrogen) atoms. The molecule has 0 amide bonds. The summed E-state index contributed by atoms with van der Waals surface area (Å²) in [6.07, 6.45) is 13.5. The highest BCUT2D eigenvalue weighted by atomic mass is 16.1. The van der Waals surface area contributed by atoms with Crippen LogP contribution in [0.3, 0.4) is 0 Å². The topological polar surface area (TPSA) is 29.1 Å². The van der Waals surface area contributed by atoms with Crippen molar-refractivity contribution in [2.75, 3.05) is 13.1 Å². The second-order valence-corrected chi connectivity index (χ2v) is 6.49. The van der Waals surface area contributed by atoms with Crippen LogP contribution in [0, 0.1) is 5.41 Å². The van der Waals surface area contributed by atoms with Crippen molar-refractivity contribution < 1.29 is 4.79 Å². The molecule has 1 N–H and O–H groups in total. The molecule has 1 fully saturated rings. The normalized spacial score (nSPS) is 23.5. The Morgan fingerprint density at radius 1 is 1.05 bits per heavy atom. The number of carbonyl (C=O) groups excluding carboxylic acids is 1. The van der Waals surface area contributed by atoms with Gasteiger partial charge in [0.25, 0.3) is 0 Å². The molecule has 1 aliphatic rings. The van der Waals surface area contributed by atoms with Crippen molar-refractivity contribution in [3.05, 3.63) is 0 Å². The molecule has 2 nitrogen and oxygen atoms in total. The zero-order valence-corrected chi connectivity index (χ0v) is 13.1. The van der Waals surface area contributed by atoms with E-state index in [1.54, 1.807) is 0 Å². The van der Waals surface area contributed by atoms with Crippen LogP contribution in [0.2, 0.25) is 0 Å². The first kappa shape index (κ1) is 16.7. The zero-order valence-electron chi connectivity index (χ0n) is 13.1. The summed E-state index contributed by atoms with van der Waals surface area (Å²) < 4.78 is 0. The van der Waals surface area contributed by atoms with E-state index in [0.29, 0.717) is 5.78 Å². The first-order valence-electron chi connectivity index (χ1n) is 8.43. The Hall–Kier alpha value is -0.370. The van der Waals surface area contributed by atoms with Gasteiger partial charge in [-0.3, -0.25) is 4.79 Å². The number of hydrogen-bond acceptors (Lipinski definition) is 2. The van der Waals surface area contributed by atoms with E-state index in [9.17, 15) is 4.79 Å². The number of rotatable bonds is 10. The Labute approximate surface area is 119 Å². The molecule has 0 spiro atoms. The van der Waals surface area contributed by atoms with Crippen molar-refractivity contribution in [1.82, 2.24) is 5.32 Å². The van der Waals surface area contributed by atoms with Gasteiger partial charge in [-0.15, -0.1) is 0 Å². The Balaban J connectivity index is 2.01. The molecule has 0 aliphatic carbocycles.